The lowest BCUT2D eigenvalue weighted by atomic mass is 10.3. The minimum Gasteiger partial charge on any atom is -0.297 e. The van der Waals surface area contributed by atoms with Gasteiger partial charge < -0.3 is 0 Å². The average Bonchev–Trinajstić information content (AvgIpc) is 2.18. The third kappa shape index (κ3) is 3.15. The second kappa shape index (κ2) is 6.39. The third-order valence-corrected chi connectivity index (χ3v) is 20.5. The summed E-state index contributed by atoms with van der Waals surface area (Å²) in [7, 11) is -2.25. The SMILES string of the molecule is C=C[Si](C=C)(C=C)[Si](Cl)(Cl)N(C(C)C)C(C)C. The standard InChI is InChI=1S/C12H23Cl2NSi2/c1-8-16(9-2,10-3)17(13,14)15(11(4)5)12(6)7/h8-12H,1-3H2,4-7H3. The maximum absolute atomic E-state index is 6.79. The molecule has 1 nitrogen and oxygen atoms in total. The molecule has 0 spiro atoms. The summed E-state index contributed by atoms with van der Waals surface area (Å²) < 4.78 is 2.22. The summed E-state index contributed by atoms with van der Waals surface area (Å²) in [6, 6.07) is 0.590. The molecule has 0 atom stereocenters. The quantitative estimate of drug-likeness (QED) is 0.503. The van der Waals surface area contributed by atoms with Crippen molar-refractivity contribution in [2.24, 2.45) is 0 Å². The molecule has 0 rings (SSSR count). The van der Waals surface area contributed by atoms with Gasteiger partial charge in [0.2, 0.25) is 0 Å². The molecule has 0 aromatic heterocycles. The predicted molar refractivity (Wildman–Crippen MR) is 85.9 cm³/mol. The Labute approximate surface area is 117 Å². The van der Waals surface area contributed by atoms with Crippen molar-refractivity contribution in [2.45, 2.75) is 39.8 Å². The zero-order valence-corrected chi connectivity index (χ0v) is 14.7. The van der Waals surface area contributed by atoms with Gasteiger partial charge in [-0.2, -0.15) is 0 Å². The number of hydrogen-bond acceptors (Lipinski definition) is 1. The van der Waals surface area contributed by atoms with Crippen LogP contribution in [0.25, 0.3) is 0 Å². The van der Waals surface area contributed by atoms with Gasteiger partial charge in [0, 0.05) is 0 Å². The second-order valence-electron chi connectivity index (χ2n) is 4.68. The summed E-state index contributed by atoms with van der Waals surface area (Å²) in [5, 5.41) is 0. The lowest BCUT2D eigenvalue weighted by Crippen LogP contribution is -2.67. The largest absolute Gasteiger partial charge is 0.321 e. The molecule has 0 aromatic rings. The molecule has 98 valence electrons. The molecule has 0 aliphatic carbocycles. The highest BCUT2D eigenvalue weighted by Gasteiger charge is 2.54. The normalized spacial score (nSPS) is 13.2. The topological polar surface area (TPSA) is 3.24 Å². The molecule has 17 heavy (non-hydrogen) atoms. The van der Waals surface area contributed by atoms with Crippen LogP contribution in [0.15, 0.2) is 36.8 Å². The van der Waals surface area contributed by atoms with E-state index in [1.165, 1.54) is 0 Å². The molecule has 0 fully saturated rings. The molecule has 0 unspecified atom stereocenters. The van der Waals surface area contributed by atoms with Gasteiger partial charge in [-0.05, 0) is 12.1 Å². The highest BCUT2D eigenvalue weighted by molar-refractivity contribution is 7.77. The number of hydrogen-bond donors (Lipinski definition) is 0. The molecule has 0 radical (unpaired) electrons. The smallest absolute Gasteiger partial charge is 0.297 e. The molecule has 0 bridgehead atoms. The van der Waals surface area contributed by atoms with E-state index in [-0.39, 0.29) is 0 Å². The second-order valence-corrected chi connectivity index (χ2v) is 19.9. The molecule has 0 aromatic carbocycles. The van der Waals surface area contributed by atoms with E-state index in [2.05, 4.69) is 52.0 Å². The van der Waals surface area contributed by atoms with Crippen molar-refractivity contribution < 1.29 is 0 Å². The minimum atomic E-state index is -2.68. The molecule has 0 N–H and O–H groups in total. The fourth-order valence-electron chi connectivity index (χ4n) is 2.09. The van der Waals surface area contributed by atoms with Crippen LogP contribution in [-0.2, 0) is 0 Å². The van der Waals surface area contributed by atoms with E-state index < -0.39 is 14.0 Å². The van der Waals surface area contributed by atoms with E-state index in [1.807, 2.05) is 17.1 Å². The molecular formula is C12H23Cl2NSi2. The van der Waals surface area contributed by atoms with E-state index in [9.17, 15) is 0 Å². The van der Waals surface area contributed by atoms with Gasteiger partial charge in [-0.15, -0.1) is 41.9 Å². The lowest BCUT2D eigenvalue weighted by molar-refractivity contribution is 0.310. The summed E-state index contributed by atoms with van der Waals surface area (Å²) in [5.74, 6) is 0. The van der Waals surface area contributed by atoms with Crippen molar-refractivity contribution >= 4 is 36.1 Å². The number of halogens is 2. The number of rotatable bonds is 7. The Morgan fingerprint density at radius 1 is 0.882 bits per heavy atom. The highest BCUT2D eigenvalue weighted by Crippen LogP contribution is 2.36. The third-order valence-electron chi connectivity index (χ3n) is 2.97. The van der Waals surface area contributed by atoms with Crippen LogP contribution < -0.4 is 0 Å². The molecule has 5 heteroatoms. The Balaban J connectivity index is 5.69. The highest BCUT2D eigenvalue weighted by atomic mass is 35.7. The van der Waals surface area contributed by atoms with Gasteiger partial charge in [-0.1, -0.05) is 44.8 Å². The first-order valence-corrected chi connectivity index (χ1v) is 13.0. The Kier molecular flexibility index (Phi) is 6.46. The summed E-state index contributed by atoms with van der Waals surface area (Å²) in [5.41, 5.74) is 5.66. The first-order valence-electron chi connectivity index (χ1n) is 5.77. The first-order chi connectivity index (χ1) is 7.70. The predicted octanol–water partition coefficient (Wildman–Crippen LogP) is 4.22. The van der Waals surface area contributed by atoms with Crippen LogP contribution in [0.5, 0.6) is 0 Å². The Morgan fingerprint density at radius 3 is 1.35 bits per heavy atom. The van der Waals surface area contributed by atoms with Crippen molar-refractivity contribution in [3.05, 3.63) is 36.8 Å². The number of nitrogens with zero attached hydrogens (tertiary/aromatic N) is 1. The van der Waals surface area contributed by atoms with Crippen molar-refractivity contribution in [3.63, 3.8) is 0 Å². The lowest BCUT2D eigenvalue weighted by Gasteiger charge is -2.45. The maximum atomic E-state index is 6.79. The van der Waals surface area contributed by atoms with Crippen molar-refractivity contribution in [1.29, 1.82) is 0 Å². The molecule has 0 heterocycles. The van der Waals surface area contributed by atoms with E-state index in [0.29, 0.717) is 12.1 Å². The molecular weight excluding hydrogens is 285 g/mol. The van der Waals surface area contributed by atoms with Crippen LogP contribution in [-0.4, -0.2) is 30.6 Å². The summed E-state index contributed by atoms with van der Waals surface area (Å²) in [6.07, 6.45) is -2.68. The Hall–Kier alpha value is 0.194. The van der Waals surface area contributed by atoms with Crippen molar-refractivity contribution in [2.75, 3.05) is 0 Å². The van der Waals surface area contributed by atoms with Crippen LogP contribution in [0, 0.1) is 0 Å². The summed E-state index contributed by atoms with van der Waals surface area (Å²) in [4.78, 5) is 0. The van der Waals surface area contributed by atoms with Gasteiger partial charge in [-0.25, -0.2) is 0 Å². The van der Waals surface area contributed by atoms with Gasteiger partial charge in [0.15, 0.2) is 7.59 Å². The fraction of sp³-hybridized carbons (Fsp3) is 0.500. The van der Waals surface area contributed by atoms with Crippen LogP contribution in [0.1, 0.15) is 27.7 Å². The molecule has 0 saturated carbocycles. The minimum absolute atomic E-state index is 0.295. The molecule has 0 aliphatic rings. The van der Waals surface area contributed by atoms with E-state index in [0.717, 1.165) is 0 Å². The van der Waals surface area contributed by atoms with Crippen LogP contribution in [0.2, 0.25) is 0 Å². The average molecular weight is 308 g/mol. The van der Waals surface area contributed by atoms with E-state index in [1.54, 1.807) is 0 Å². The molecule has 0 amide bonds. The Bertz CT molecular complexity index is 271. The maximum Gasteiger partial charge on any atom is 0.321 e. The van der Waals surface area contributed by atoms with Crippen LogP contribution >= 0.6 is 22.2 Å². The van der Waals surface area contributed by atoms with Gasteiger partial charge in [0.1, 0.15) is 0 Å². The van der Waals surface area contributed by atoms with Crippen molar-refractivity contribution in [1.82, 2.24) is 4.57 Å². The van der Waals surface area contributed by atoms with Crippen molar-refractivity contribution in [3.8, 4) is 0 Å². The molecule has 0 aliphatic heterocycles. The zero-order chi connectivity index (χ0) is 13.9. The monoisotopic (exact) mass is 307 g/mol. The van der Waals surface area contributed by atoms with Gasteiger partial charge in [0.25, 0.3) is 0 Å². The summed E-state index contributed by atoms with van der Waals surface area (Å²) in [6.45, 7) is 20.1. The first kappa shape index (κ1) is 17.2. The van der Waals surface area contributed by atoms with Crippen LogP contribution in [0.3, 0.4) is 0 Å². The Morgan fingerprint density at radius 2 is 1.18 bits per heavy atom. The van der Waals surface area contributed by atoms with Gasteiger partial charge >= 0.3 is 6.37 Å². The van der Waals surface area contributed by atoms with E-state index in [4.69, 9.17) is 22.2 Å². The fourth-order valence-corrected chi connectivity index (χ4v) is 16.7. The van der Waals surface area contributed by atoms with Crippen LogP contribution in [0.4, 0.5) is 0 Å². The summed E-state index contributed by atoms with van der Waals surface area (Å²) >= 11 is 13.6. The van der Waals surface area contributed by atoms with Gasteiger partial charge in [0.05, 0.1) is 0 Å². The van der Waals surface area contributed by atoms with E-state index >= 15 is 0 Å². The molecule has 0 saturated heterocycles. The van der Waals surface area contributed by atoms with Gasteiger partial charge in [-0.3, -0.25) is 4.57 Å². The zero-order valence-electron chi connectivity index (χ0n) is 11.2.